The lowest BCUT2D eigenvalue weighted by Crippen LogP contribution is -2.56. The van der Waals surface area contributed by atoms with Gasteiger partial charge in [0.25, 0.3) is 0 Å². The summed E-state index contributed by atoms with van der Waals surface area (Å²) < 4.78 is 29.4. The van der Waals surface area contributed by atoms with Crippen molar-refractivity contribution in [2.24, 2.45) is 11.8 Å². The predicted molar refractivity (Wildman–Crippen MR) is 116 cm³/mol. The Morgan fingerprint density at radius 3 is 2.47 bits per heavy atom. The number of rotatable bonds is 11. The molecular weight excluding hydrogens is 384 g/mol. The number of methoxy groups -OCH3 is 3. The van der Waals surface area contributed by atoms with Crippen molar-refractivity contribution in [1.82, 2.24) is 0 Å². The quantitative estimate of drug-likeness (QED) is 0.272. The number of allylic oxidation sites excluding steroid dienone is 1. The zero-order valence-corrected chi connectivity index (χ0v) is 20.2. The van der Waals surface area contributed by atoms with Crippen molar-refractivity contribution < 1.29 is 28.5 Å². The van der Waals surface area contributed by atoms with Crippen LogP contribution >= 0.6 is 0 Å². The number of hydrogen-bond donors (Lipinski definition) is 0. The molecule has 0 N–H and O–H groups in total. The molecule has 2 rings (SSSR count). The summed E-state index contributed by atoms with van der Waals surface area (Å²) >= 11 is 0. The van der Waals surface area contributed by atoms with Crippen molar-refractivity contribution in [2.75, 3.05) is 27.9 Å². The summed E-state index contributed by atoms with van der Waals surface area (Å²) in [6, 6.07) is 0. The Morgan fingerprint density at radius 1 is 1.23 bits per heavy atom. The van der Waals surface area contributed by atoms with E-state index in [0.29, 0.717) is 6.61 Å². The van der Waals surface area contributed by atoms with Crippen LogP contribution < -0.4 is 0 Å². The molecule has 0 radical (unpaired) electrons. The second kappa shape index (κ2) is 10.1. The summed E-state index contributed by atoms with van der Waals surface area (Å²) in [5.74, 6) is -0.932. The molecule has 0 saturated carbocycles. The van der Waals surface area contributed by atoms with E-state index in [-0.39, 0.29) is 29.5 Å². The second-order valence-electron chi connectivity index (χ2n) is 9.56. The average Bonchev–Trinajstić information content (AvgIpc) is 3.13. The summed E-state index contributed by atoms with van der Waals surface area (Å²) in [6.45, 7) is 10.8. The summed E-state index contributed by atoms with van der Waals surface area (Å²) in [5.41, 5.74) is 0.376. The predicted octanol–water partition coefficient (Wildman–Crippen LogP) is 4.65. The van der Waals surface area contributed by atoms with E-state index in [1.807, 2.05) is 6.92 Å². The first-order valence-corrected chi connectivity index (χ1v) is 11.2. The third-order valence-electron chi connectivity index (χ3n) is 7.42. The molecule has 2 heterocycles. The molecule has 30 heavy (non-hydrogen) atoms. The Hall–Kier alpha value is -0.950. The highest BCUT2D eigenvalue weighted by atomic mass is 16.7. The Morgan fingerprint density at radius 2 is 1.90 bits per heavy atom. The van der Waals surface area contributed by atoms with Gasteiger partial charge in [0.1, 0.15) is 5.60 Å². The molecule has 0 aromatic rings. The first-order chi connectivity index (χ1) is 14.1. The van der Waals surface area contributed by atoms with Gasteiger partial charge in [0.05, 0.1) is 31.3 Å². The molecule has 0 aliphatic carbocycles. The molecule has 0 aromatic heterocycles. The Labute approximate surface area is 182 Å². The number of ether oxygens (including phenoxy) is 5. The molecule has 2 aliphatic heterocycles. The first kappa shape index (κ1) is 25.3. The molecule has 174 valence electrons. The molecule has 5 atom stereocenters. The minimum Gasteiger partial charge on any atom is -0.469 e. The minimum atomic E-state index is -0.611. The molecule has 2 aliphatic rings. The van der Waals surface area contributed by atoms with Gasteiger partial charge < -0.3 is 23.7 Å². The lowest BCUT2D eigenvalue weighted by Gasteiger charge is -2.46. The molecule has 0 aromatic carbocycles. The fourth-order valence-electron chi connectivity index (χ4n) is 4.94. The molecule has 6 nitrogen and oxygen atoms in total. The number of hydrogen-bond acceptors (Lipinski definition) is 6. The van der Waals surface area contributed by atoms with E-state index in [9.17, 15) is 4.79 Å². The molecule has 2 saturated heterocycles. The van der Waals surface area contributed by atoms with Crippen LogP contribution in [0.4, 0.5) is 0 Å². The maximum atomic E-state index is 12.1. The molecule has 2 bridgehead atoms. The van der Waals surface area contributed by atoms with E-state index in [1.54, 1.807) is 14.2 Å². The van der Waals surface area contributed by atoms with Crippen LogP contribution in [-0.4, -0.2) is 57.0 Å². The highest BCUT2D eigenvalue weighted by Gasteiger charge is 2.57. The van der Waals surface area contributed by atoms with Crippen LogP contribution in [-0.2, 0) is 28.5 Å². The van der Waals surface area contributed by atoms with Crippen LogP contribution in [0.5, 0.6) is 0 Å². The first-order valence-electron chi connectivity index (χ1n) is 11.2. The summed E-state index contributed by atoms with van der Waals surface area (Å²) in [5, 5.41) is 0. The third-order valence-corrected chi connectivity index (χ3v) is 7.42. The van der Waals surface area contributed by atoms with Gasteiger partial charge in [-0.05, 0) is 53.4 Å². The lowest BCUT2D eigenvalue weighted by atomic mass is 9.86. The minimum absolute atomic E-state index is 0.00828. The largest absolute Gasteiger partial charge is 0.469 e. The van der Waals surface area contributed by atoms with E-state index in [1.165, 1.54) is 12.7 Å². The van der Waals surface area contributed by atoms with Gasteiger partial charge in [0.2, 0.25) is 0 Å². The number of carbonyl (C=O) groups excluding carboxylic acids is 1. The van der Waals surface area contributed by atoms with Crippen LogP contribution in [0, 0.1) is 11.8 Å². The Kier molecular flexibility index (Phi) is 8.53. The maximum absolute atomic E-state index is 12.1. The highest BCUT2D eigenvalue weighted by Crippen LogP contribution is 2.48. The second-order valence-corrected chi connectivity index (χ2v) is 9.56. The van der Waals surface area contributed by atoms with Crippen molar-refractivity contribution in [2.45, 2.75) is 96.2 Å². The summed E-state index contributed by atoms with van der Waals surface area (Å²) in [4.78, 5) is 12.1. The molecule has 6 heteroatoms. The SMILES string of the molecule is COC(=O)C(C)[C@@]12CC[C@@H](O1)[C@](C)(CCCC(C)C(CC=C(C)C)(OC)OC)OC2. The number of carbonyl (C=O) groups is 1. The topological polar surface area (TPSA) is 63.2 Å². The Bertz CT molecular complexity index is 609. The van der Waals surface area contributed by atoms with Gasteiger partial charge in [-0.2, -0.15) is 0 Å². The van der Waals surface area contributed by atoms with Gasteiger partial charge >= 0.3 is 5.97 Å². The number of fused-ring (bicyclic) bond motifs is 2. The molecule has 2 fully saturated rings. The van der Waals surface area contributed by atoms with Crippen molar-refractivity contribution in [3.8, 4) is 0 Å². The molecule has 0 spiro atoms. The molecule has 2 unspecified atom stereocenters. The summed E-state index contributed by atoms with van der Waals surface area (Å²) in [7, 11) is 4.87. The fraction of sp³-hybridized carbons (Fsp3) is 0.875. The van der Waals surface area contributed by atoms with Gasteiger partial charge in [-0.15, -0.1) is 0 Å². The summed E-state index contributed by atoms with van der Waals surface area (Å²) in [6.07, 6.45) is 7.51. The highest BCUT2D eigenvalue weighted by molar-refractivity contribution is 5.73. The van der Waals surface area contributed by atoms with Crippen LogP contribution in [0.15, 0.2) is 11.6 Å². The smallest absolute Gasteiger partial charge is 0.311 e. The van der Waals surface area contributed by atoms with Crippen molar-refractivity contribution in [3.63, 3.8) is 0 Å². The van der Waals surface area contributed by atoms with Crippen molar-refractivity contribution in [1.29, 1.82) is 0 Å². The lowest BCUT2D eigenvalue weighted by molar-refractivity contribution is -0.256. The standard InChI is InChI=1S/C24H42O6/c1-17(2)11-15-24(27-7,28-8)18(3)10-9-13-22(5)20-12-14-23(30-20,16-29-22)19(4)21(25)26-6/h11,18-20H,9-10,12-16H2,1-8H3/t18?,19?,20-,22+,23+/m1/s1. The zero-order valence-electron chi connectivity index (χ0n) is 20.2. The van der Waals surface area contributed by atoms with Crippen LogP contribution in [0.3, 0.4) is 0 Å². The third kappa shape index (κ3) is 5.09. The normalized spacial score (nSPS) is 30.6. The van der Waals surface area contributed by atoms with Crippen LogP contribution in [0.2, 0.25) is 0 Å². The van der Waals surface area contributed by atoms with E-state index < -0.39 is 11.4 Å². The maximum Gasteiger partial charge on any atom is 0.311 e. The zero-order chi connectivity index (χ0) is 22.6. The number of esters is 1. The van der Waals surface area contributed by atoms with E-state index in [2.05, 4.69) is 33.8 Å². The van der Waals surface area contributed by atoms with Crippen LogP contribution in [0.25, 0.3) is 0 Å². The molecular formula is C24H42O6. The fourth-order valence-corrected chi connectivity index (χ4v) is 4.94. The van der Waals surface area contributed by atoms with Gasteiger partial charge in [-0.1, -0.05) is 25.0 Å². The van der Waals surface area contributed by atoms with Gasteiger partial charge in [-0.3, -0.25) is 4.79 Å². The monoisotopic (exact) mass is 426 g/mol. The Balaban J connectivity index is 1.95. The van der Waals surface area contributed by atoms with Crippen molar-refractivity contribution in [3.05, 3.63) is 11.6 Å². The van der Waals surface area contributed by atoms with E-state index in [0.717, 1.165) is 38.5 Å². The van der Waals surface area contributed by atoms with E-state index >= 15 is 0 Å². The van der Waals surface area contributed by atoms with Gasteiger partial charge in [-0.25, -0.2) is 0 Å². The van der Waals surface area contributed by atoms with Crippen LogP contribution in [0.1, 0.15) is 73.1 Å². The van der Waals surface area contributed by atoms with Gasteiger partial charge in [0.15, 0.2) is 5.79 Å². The van der Waals surface area contributed by atoms with Crippen molar-refractivity contribution >= 4 is 5.97 Å². The van der Waals surface area contributed by atoms with Gasteiger partial charge in [0, 0.05) is 26.6 Å². The molecule has 0 amide bonds. The average molecular weight is 427 g/mol. The van der Waals surface area contributed by atoms with E-state index in [4.69, 9.17) is 23.7 Å².